The highest BCUT2D eigenvalue weighted by Crippen LogP contribution is 2.32. The first-order chi connectivity index (χ1) is 9.13. The largest absolute Gasteiger partial charge is 0.387 e. The number of hydrogen-bond acceptors (Lipinski definition) is 6. The summed E-state index contributed by atoms with van der Waals surface area (Å²) in [7, 11) is 0. The van der Waals surface area contributed by atoms with Crippen LogP contribution in [0, 0.1) is 0 Å². The monoisotopic (exact) mass is 304 g/mol. The smallest absolute Gasteiger partial charge is 0.167 e. The van der Waals surface area contributed by atoms with Crippen molar-refractivity contribution in [3.63, 3.8) is 0 Å². The lowest BCUT2D eigenvalue weighted by Gasteiger charge is -2.16. The van der Waals surface area contributed by atoms with Crippen LogP contribution in [0.15, 0.2) is 12.7 Å². The van der Waals surface area contributed by atoms with E-state index in [2.05, 4.69) is 15.0 Å². The molecule has 9 heteroatoms. The maximum absolute atomic E-state index is 10.0. The van der Waals surface area contributed by atoms with E-state index in [9.17, 15) is 10.2 Å². The SMILES string of the molecule is O[C@@H]1[C@H](O)[C@@H](CCl)O[C@H]1n1cnc2c(Cl)ncnc21. The average Bonchev–Trinajstić information content (AvgIpc) is 2.94. The van der Waals surface area contributed by atoms with Crippen LogP contribution < -0.4 is 0 Å². The number of ether oxygens (including phenoxy) is 1. The summed E-state index contributed by atoms with van der Waals surface area (Å²) >= 11 is 11.6. The Labute approximate surface area is 117 Å². The molecule has 2 N–H and O–H groups in total. The average molecular weight is 305 g/mol. The highest BCUT2D eigenvalue weighted by molar-refractivity contribution is 6.33. The molecule has 0 saturated carbocycles. The van der Waals surface area contributed by atoms with Gasteiger partial charge in [0.2, 0.25) is 0 Å². The van der Waals surface area contributed by atoms with Gasteiger partial charge in [0.1, 0.15) is 30.2 Å². The summed E-state index contributed by atoms with van der Waals surface area (Å²) in [5.41, 5.74) is 0.829. The van der Waals surface area contributed by atoms with Crippen molar-refractivity contribution in [3.8, 4) is 0 Å². The van der Waals surface area contributed by atoms with Crippen LogP contribution in [0.1, 0.15) is 6.23 Å². The summed E-state index contributed by atoms with van der Waals surface area (Å²) in [6.45, 7) is 0. The molecule has 0 bridgehead atoms. The standard InChI is InChI=1S/C10H10Cl2N4O3/c11-1-4-6(17)7(18)10(19-4)16-3-15-5-8(12)13-2-14-9(5)16/h2-4,6-7,10,17-18H,1H2/t4-,6-,7-,10-/m1/s1. The van der Waals surface area contributed by atoms with Crippen LogP contribution in [0.5, 0.6) is 0 Å². The summed E-state index contributed by atoms with van der Waals surface area (Å²) in [6, 6.07) is 0. The molecule has 1 aliphatic rings. The highest BCUT2D eigenvalue weighted by atomic mass is 35.5. The fourth-order valence-corrected chi connectivity index (χ4v) is 2.53. The van der Waals surface area contributed by atoms with E-state index in [0.717, 1.165) is 0 Å². The molecule has 2 aromatic heterocycles. The number of rotatable bonds is 2. The topological polar surface area (TPSA) is 93.3 Å². The molecular weight excluding hydrogens is 295 g/mol. The molecule has 1 fully saturated rings. The zero-order valence-corrected chi connectivity index (χ0v) is 11.0. The van der Waals surface area contributed by atoms with Gasteiger partial charge in [0, 0.05) is 0 Å². The number of imidazole rings is 1. The summed E-state index contributed by atoms with van der Waals surface area (Å²) < 4.78 is 7.02. The Morgan fingerprint density at radius 2 is 2.05 bits per heavy atom. The number of alkyl halides is 1. The second-order valence-electron chi connectivity index (χ2n) is 4.19. The van der Waals surface area contributed by atoms with Crippen molar-refractivity contribution in [1.29, 1.82) is 0 Å². The van der Waals surface area contributed by atoms with Gasteiger partial charge in [-0.1, -0.05) is 11.6 Å². The Bertz CT molecular complexity index is 607. The van der Waals surface area contributed by atoms with Crippen LogP contribution in [0.4, 0.5) is 0 Å². The van der Waals surface area contributed by atoms with Crippen LogP contribution in [-0.2, 0) is 4.74 Å². The van der Waals surface area contributed by atoms with Crippen LogP contribution in [-0.4, -0.2) is 53.9 Å². The second kappa shape index (κ2) is 4.84. The molecule has 0 spiro atoms. The van der Waals surface area contributed by atoms with E-state index in [1.54, 1.807) is 0 Å². The van der Waals surface area contributed by atoms with Gasteiger partial charge < -0.3 is 14.9 Å². The molecule has 7 nitrogen and oxygen atoms in total. The molecule has 102 valence electrons. The van der Waals surface area contributed by atoms with E-state index in [-0.39, 0.29) is 11.0 Å². The first-order valence-corrected chi connectivity index (χ1v) is 6.45. The number of aliphatic hydroxyl groups is 2. The predicted molar refractivity (Wildman–Crippen MR) is 67.0 cm³/mol. The van der Waals surface area contributed by atoms with E-state index in [1.165, 1.54) is 17.2 Å². The van der Waals surface area contributed by atoms with Crippen molar-refractivity contribution < 1.29 is 14.9 Å². The number of aliphatic hydroxyl groups excluding tert-OH is 2. The molecule has 1 aliphatic heterocycles. The maximum Gasteiger partial charge on any atom is 0.167 e. The molecule has 0 aliphatic carbocycles. The lowest BCUT2D eigenvalue weighted by atomic mass is 10.1. The minimum Gasteiger partial charge on any atom is -0.387 e. The van der Waals surface area contributed by atoms with Crippen molar-refractivity contribution in [2.75, 3.05) is 5.88 Å². The van der Waals surface area contributed by atoms with Gasteiger partial charge >= 0.3 is 0 Å². The fraction of sp³-hybridized carbons (Fsp3) is 0.500. The molecule has 0 unspecified atom stereocenters. The second-order valence-corrected chi connectivity index (χ2v) is 4.86. The van der Waals surface area contributed by atoms with Crippen molar-refractivity contribution in [1.82, 2.24) is 19.5 Å². The van der Waals surface area contributed by atoms with E-state index < -0.39 is 24.5 Å². The van der Waals surface area contributed by atoms with Crippen LogP contribution in [0.3, 0.4) is 0 Å². The minimum absolute atomic E-state index is 0.0805. The third kappa shape index (κ3) is 1.98. The third-order valence-corrected chi connectivity index (χ3v) is 3.66. The van der Waals surface area contributed by atoms with E-state index >= 15 is 0 Å². The first kappa shape index (κ1) is 13.0. The molecule has 0 radical (unpaired) electrons. The molecule has 3 heterocycles. The zero-order valence-electron chi connectivity index (χ0n) is 9.52. The lowest BCUT2D eigenvalue weighted by Crippen LogP contribution is -2.32. The van der Waals surface area contributed by atoms with Crippen molar-refractivity contribution >= 4 is 34.4 Å². The third-order valence-electron chi connectivity index (χ3n) is 3.08. The van der Waals surface area contributed by atoms with E-state index in [1.807, 2.05) is 0 Å². The minimum atomic E-state index is -1.12. The quantitative estimate of drug-likeness (QED) is 0.614. The molecule has 4 atom stereocenters. The van der Waals surface area contributed by atoms with Crippen LogP contribution >= 0.6 is 23.2 Å². The molecule has 2 aromatic rings. The van der Waals surface area contributed by atoms with E-state index in [4.69, 9.17) is 27.9 Å². The Balaban J connectivity index is 2.04. The fourth-order valence-electron chi connectivity index (χ4n) is 2.10. The summed E-state index contributed by atoms with van der Waals surface area (Å²) in [5, 5.41) is 20.0. The first-order valence-electron chi connectivity index (χ1n) is 5.54. The molecule has 0 aromatic carbocycles. The van der Waals surface area contributed by atoms with Gasteiger partial charge in [0.05, 0.1) is 12.2 Å². The van der Waals surface area contributed by atoms with Crippen molar-refractivity contribution in [2.24, 2.45) is 0 Å². The van der Waals surface area contributed by atoms with E-state index in [0.29, 0.717) is 11.2 Å². The molecule has 19 heavy (non-hydrogen) atoms. The van der Waals surface area contributed by atoms with Gasteiger partial charge in [-0.15, -0.1) is 11.6 Å². The Morgan fingerprint density at radius 1 is 1.26 bits per heavy atom. The highest BCUT2D eigenvalue weighted by Gasteiger charge is 2.43. The Hall–Kier alpha value is -0.990. The van der Waals surface area contributed by atoms with Gasteiger partial charge in [-0.2, -0.15) is 0 Å². The van der Waals surface area contributed by atoms with Crippen molar-refractivity contribution in [2.45, 2.75) is 24.5 Å². The van der Waals surface area contributed by atoms with Gasteiger partial charge in [0.25, 0.3) is 0 Å². The Morgan fingerprint density at radius 3 is 2.74 bits per heavy atom. The maximum atomic E-state index is 10.0. The van der Waals surface area contributed by atoms with Crippen molar-refractivity contribution in [3.05, 3.63) is 17.8 Å². The molecule has 1 saturated heterocycles. The number of halogens is 2. The summed E-state index contributed by atoms with van der Waals surface area (Å²) in [4.78, 5) is 11.9. The number of aromatic nitrogens is 4. The molecular formula is C10H10Cl2N4O3. The zero-order chi connectivity index (χ0) is 13.6. The lowest BCUT2D eigenvalue weighted by molar-refractivity contribution is -0.0291. The van der Waals surface area contributed by atoms with Gasteiger partial charge in [-0.3, -0.25) is 4.57 Å². The number of fused-ring (bicyclic) bond motifs is 1. The van der Waals surface area contributed by atoms with Gasteiger partial charge in [-0.25, -0.2) is 15.0 Å². The summed E-state index contributed by atoms with van der Waals surface area (Å²) in [5.74, 6) is 0.0805. The summed E-state index contributed by atoms with van der Waals surface area (Å²) in [6.07, 6.45) is -0.902. The molecule has 0 amide bonds. The Kier molecular flexibility index (Phi) is 3.32. The van der Waals surface area contributed by atoms with Gasteiger partial charge in [-0.05, 0) is 0 Å². The predicted octanol–water partition coefficient (Wildman–Crippen LogP) is 0.338. The molecule has 3 rings (SSSR count). The van der Waals surface area contributed by atoms with Gasteiger partial charge in [0.15, 0.2) is 17.0 Å². The normalized spacial score (nSPS) is 31.2. The number of nitrogens with zero attached hydrogens (tertiary/aromatic N) is 4. The number of hydrogen-bond donors (Lipinski definition) is 2. The van der Waals surface area contributed by atoms with Crippen LogP contribution in [0.2, 0.25) is 5.15 Å². The van der Waals surface area contributed by atoms with Crippen LogP contribution in [0.25, 0.3) is 11.2 Å².